The fraction of sp³-hybridized carbons (Fsp3) is 0.538. The molecular formula is C26H42O2S. The Morgan fingerprint density at radius 1 is 0.586 bits per heavy atom. The minimum absolute atomic E-state index is 0.00266. The molecule has 0 fully saturated rings. The van der Waals surface area contributed by atoms with Crippen LogP contribution in [0.2, 0.25) is 0 Å². The summed E-state index contributed by atoms with van der Waals surface area (Å²) in [5, 5.41) is 0. The average molecular weight is 419 g/mol. The van der Waals surface area contributed by atoms with Gasteiger partial charge in [0.25, 0.3) is 0 Å². The molecule has 0 aliphatic heterocycles. The number of aryl methyl sites for hydroxylation is 2. The van der Waals surface area contributed by atoms with Crippen LogP contribution in [0.25, 0.3) is 0 Å². The van der Waals surface area contributed by atoms with Crippen molar-refractivity contribution in [2.24, 2.45) is 0 Å². The fourth-order valence-corrected chi connectivity index (χ4v) is 4.86. The Labute approximate surface area is 180 Å². The first-order chi connectivity index (χ1) is 13.2. The maximum absolute atomic E-state index is 13.1. The Balaban J connectivity index is 0.00000184. The Bertz CT molecular complexity index is 824. The van der Waals surface area contributed by atoms with E-state index in [9.17, 15) is 8.42 Å². The first-order valence-corrected chi connectivity index (χ1v) is 12.2. The predicted octanol–water partition coefficient (Wildman–Crippen LogP) is 7.78. The molecule has 3 heteroatoms. The van der Waals surface area contributed by atoms with Gasteiger partial charge in [-0.25, -0.2) is 8.42 Å². The number of sulfone groups is 1. The molecule has 2 aromatic carbocycles. The number of hydrogen-bond acceptors (Lipinski definition) is 2. The molecule has 164 valence electrons. The first kappa shape index (κ1) is 27.4. The van der Waals surface area contributed by atoms with Gasteiger partial charge in [-0.05, 0) is 71.2 Å². The van der Waals surface area contributed by atoms with Gasteiger partial charge in [0.15, 0.2) is 0 Å². The summed E-state index contributed by atoms with van der Waals surface area (Å²) in [6, 6.07) is 10.9. The summed E-state index contributed by atoms with van der Waals surface area (Å²) in [5.74, 6) is 0. The molecule has 0 saturated carbocycles. The van der Waals surface area contributed by atoms with Crippen LogP contribution in [0.5, 0.6) is 0 Å². The zero-order chi connectivity index (χ0) is 23.2. The molecule has 0 aliphatic rings. The molecule has 0 aromatic heterocycles. The molecule has 0 amide bonds. The zero-order valence-electron chi connectivity index (χ0n) is 20.7. The maximum Gasteiger partial charge on any atom is 0.206 e. The van der Waals surface area contributed by atoms with Crippen molar-refractivity contribution in [2.75, 3.05) is 0 Å². The maximum atomic E-state index is 13.1. The Morgan fingerprint density at radius 3 is 1.07 bits per heavy atom. The summed E-state index contributed by atoms with van der Waals surface area (Å²) in [4.78, 5) is 0.724. The lowest BCUT2D eigenvalue weighted by Gasteiger charge is -2.23. The third-order valence-electron chi connectivity index (χ3n) is 4.63. The van der Waals surface area contributed by atoms with Gasteiger partial charge in [-0.2, -0.15) is 0 Å². The van der Waals surface area contributed by atoms with Crippen LogP contribution in [0.3, 0.4) is 0 Å². The van der Waals surface area contributed by atoms with Crippen molar-refractivity contribution in [1.29, 1.82) is 0 Å². The van der Waals surface area contributed by atoms with Crippen molar-refractivity contribution in [1.82, 2.24) is 0 Å². The number of rotatable bonds is 2. The topological polar surface area (TPSA) is 34.1 Å². The second-order valence-corrected chi connectivity index (χ2v) is 10.9. The van der Waals surface area contributed by atoms with E-state index in [0.29, 0.717) is 9.79 Å². The normalized spacial score (nSPS) is 11.7. The van der Waals surface area contributed by atoms with E-state index in [1.165, 1.54) is 11.1 Å². The van der Waals surface area contributed by atoms with Crippen molar-refractivity contribution in [2.45, 2.75) is 104 Å². The van der Waals surface area contributed by atoms with Gasteiger partial charge in [-0.1, -0.05) is 81.4 Å². The molecule has 0 spiro atoms. The standard InChI is InChI=1S/C22H30O2S.2C2H6/c1-15-13-17(9-11-19(15)21(3,4)5)25(23,24)18-10-12-20(16(2)14-18)22(6,7)8;2*1-2/h9-14H,1-8H3;2*1-2H3. The Morgan fingerprint density at radius 2 is 0.862 bits per heavy atom. The van der Waals surface area contributed by atoms with E-state index in [1.807, 2.05) is 53.7 Å². The van der Waals surface area contributed by atoms with Gasteiger partial charge in [-0.15, -0.1) is 0 Å². The molecule has 0 heterocycles. The monoisotopic (exact) mass is 418 g/mol. The molecule has 0 aliphatic carbocycles. The van der Waals surface area contributed by atoms with Gasteiger partial charge >= 0.3 is 0 Å². The lowest BCUT2D eigenvalue weighted by atomic mass is 9.84. The van der Waals surface area contributed by atoms with Gasteiger partial charge in [0, 0.05) is 0 Å². The summed E-state index contributed by atoms with van der Waals surface area (Å²) in [5.41, 5.74) is 4.36. The van der Waals surface area contributed by atoms with Crippen molar-refractivity contribution >= 4 is 9.84 Å². The largest absolute Gasteiger partial charge is 0.219 e. The fourth-order valence-electron chi connectivity index (χ4n) is 3.43. The van der Waals surface area contributed by atoms with E-state index in [2.05, 4.69) is 41.5 Å². The molecule has 0 bridgehead atoms. The highest BCUT2D eigenvalue weighted by Crippen LogP contribution is 2.32. The molecule has 0 saturated heterocycles. The van der Waals surface area contributed by atoms with Crippen LogP contribution in [0.4, 0.5) is 0 Å². The lowest BCUT2D eigenvalue weighted by Crippen LogP contribution is -2.15. The van der Waals surface area contributed by atoms with Gasteiger partial charge in [-0.3, -0.25) is 0 Å². The van der Waals surface area contributed by atoms with Gasteiger partial charge in [0.1, 0.15) is 0 Å². The van der Waals surface area contributed by atoms with Crippen LogP contribution in [0, 0.1) is 13.8 Å². The number of hydrogen-bond donors (Lipinski definition) is 0. The second-order valence-electron chi connectivity index (χ2n) is 8.96. The van der Waals surface area contributed by atoms with E-state index in [-0.39, 0.29) is 10.8 Å². The third-order valence-corrected chi connectivity index (χ3v) is 6.38. The Hall–Kier alpha value is -1.61. The molecule has 0 atom stereocenters. The van der Waals surface area contributed by atoms with Crippen molar-refractivity contribution in [3.8, 4) is 0 Å². The summed E-state index contributed by atoms with van der Waals surface area (Å²) in [6.45, 7) is 24.8. The van der Waals surface area contributed by atoms with E-state index in [0.717, 1.165) is 11.1 Å². The molecule has 2 nitrogen and oxygen atoms in total. The van der Waals surface area contributed by atoms with Crippen molar-refractivity contribution in [3.05, 3.63) is 58.7 Å². The highest BCUT2D eigenvalue weighted by Gasteiger charge is 2.23. The summed E-state index contributed by atoms with van der Waals surface area (Å²) in [7, 11) is -3.51. The molecular weight excluding hydrogens is 376 g/mol. The molecule has 0 radical (unpaired) electrons. The SMILES string of the molecule is CC.CC.Cc1cc(S(=O)(=O)c2ccc(C(C)(C)C)c(C)c2)ccc1C(C)(C)C. The quantitative estimate of drug-likeness (QED) is 0.499. The molecule has 0 unspecified atom stereocenters. The molecule has 2 rings (SSSR count). The zero-order valence-corrected chi connectivity index (χ0v) is 21.5. The average Bonchev–Trinajstić information content (AvgIpc) is 2.62. The lowest BCUT2D eigenvalue weighted by molar-refractivity contribution is 0.580. The first-order valence-electron chi connectivity index (χ1n) is 10.7. The van der Waals surface area contributed by atoms with Crippen LogP contribution in [0.1, 0.15) is 91.5 Å². The molecule has 2 aromatic rings. The third kappa shape index (κ3) is 6.70. The molecule has 0 N–H and O–H groups in total. The van der Waals surface area contributed by atoms with E-state index >= 15 is 0 Å². The Kier molecular flexibility index (Phi) is 9.85. The van der Waals surface area contributed by atoms with E-state index in [1.54, 1.807) is 24.3 Å². The van der Waals surface area contributed by atoms with Crippen LogP contribution in [0.15, 0.2) is 46.2 Å². The smallest absolute Gasteiger partial charge is 0.206 e. The van der Waals surface area contributed by atoms with Crippen LogP contribution < -0.4 is 0 Å². The summed E-state index contributed by atoms with van der Waals surface area (Å²) in [6.07, 6.45) is 0. The minimum Gasteiger partial charge on any atom is -0.219 e. The van der Waals surface area contributed by atoms with Gasteiger partial charge in [0.05, 0.1) is 9.79 Å². The summed E-state index contributed by atoms with van der Waals surface area (Å²) >= 11 is 0. The molecule has 29 heavy (non-hydrogen) atoms. The van der Waals surface area contributed by atoms with Crippen LogP contribution in [-0.4, -0.2) is 8.42 Å². The number of benzene rings is 2. The van der Waals surface area contributed by atoms with Gasteiger partial charge in [0.2, 0.25) is 9.84 Å². The van der Waals surface area contributed by atoms with E-state index in [4.69, 9.17) is 0 Å². The van der Waals surface area contributed by atoms with Crippen molar-refractivity contribution in [3.63, 3.8) is 0 Å². The van der Waals surface area contributed by atoms with Crippen LogP contribution in [-0.2, 0) is 20.7 Å². The summed E-state index contributed by atoms with van der Waals surface area (Å²) < 4.78 is 26.1. The second kappa shape index (κ2) is 10.4. The highest BCUT2D eigenvalue weighted by atomic mass is 32.2. The van der Waals surface area contributed by atoms with E-state index < -0.39 is 9.84 Å². The van der Waals surface area contributed by atoms with Crippen molar-refractivity contribution < 1.29 is 8.42 Å². The highest BCUT2D eigenvalue weighted by molar-refractivity contribution is 7.91. The predicted molar refractivity (Wildman–Crippen MR) is 128 cm³/mol. The van der Waals surface area contributed by atoms with Gasteiger partial charge < -0.3 is 0 Å². The minimum atomic E-state index is -3.51. The van der Waals surface area contributed by atoms with Crippen LogP contribution >= 0.6 is 0 Å².